The summed E-state index contributed by atoms with van der Waals surface area (Å²) in [6, 6.07) is 10.3. The Morgan fingerprint density at radius 1 is 1.21 bits per heavy atom. The van der Waals surface area contributed by atoms with Crippen molar-refractivity contribution >= 4 is 17.2 Å². The Morgan fingerprint density at radius 3 is 2.79 bits per heavy atom. The average molecular weight is 399 g/mol. The first kappa shape index (κ1) is 18.8. The number of piperidine rings is 1. The van der Waals surface area contributed by atoms with Crippen molar-refractivity contribution in [3.63, 3.8) is 0 Å². The second-order valence-corrected chi connectivity index (χ2v) is 7.88. The molecule has 146 valence electrons. The van der Waals surface area contributed by atoms with Gasteiger partial charge in [0.2, 0.25) is 0 Å². The maximum absolute atomic E-state index is 14.0. The number of furan rings is 1. The lowest BCUT2D eigenvalue weighted by Crippen LogP contribution is -2.40. The zero-order valence-corrected chi connectivity index (χ0v) is 16.3. The minimum absolute atomic E-state index is 0.0122. The molecule has 1 unspecified atom stereocenters. The number of halogens is 1. The Balaban J connectivity index is 1.45. The summed E-state index contributed by atoms with van der Waals surface area (Å²) in [7, 11) is 0. The van der Waals surface area contributed by atoms with Crippen LogP contribution in [-0.4, -0.2) is 35.4 Å². The van der Waals surface area contributed by atoms with Gasteiger partial charge in [-0.25, -0.2) is 9.37 Å². The number of hydrogen-bond acceptors (Lipinski definition) is 5. The van der Waals surface area contributed by atoms with E-state index in [-0.39, 0.29) is 17.8 Å². The first-order valence-corrected chi connectivity index (χ1v) is 10.3. The molecule has 5 nitrogen and oxygen atoms in total. The third kappa shape index (κ3) is 4.15. The Labute approximate surface area is 167 Å². The topological polar surface area (TPSA) is 58.4 Å². The maximum Gasteiger partial charge on any atom is 0.263 e. The molecule has 1 saturated heterocycles. The number of aromatic nitrogens is 1. The van der Waals surface area contributed by atoms with E-state index in [1.165, 1.54) is 30.0 Å². The standard InChI is InChI=1S/C21H22FN3O2S/c22-16-8-3-2-7-15(16)21-24-14-19(28-21)20(26)23-13-17(18-9-6-12-27-18)25-10-4-1-5-11-25/h2-3,6-9,12,14,17H,1,4-5,10-11,13H2,(H,23,26). The SMILES string of the molecule is O=C(NCC(c1ccco1)N1CCCCC1)c1cnc(-c2ccccc2F)s1. The van der Waals surface area contributed by atoms with Crippen molar-refractivity contribution in [1.82, 2.24) is 15.2 Å². The Bertz CT molecular complexity index is 919. The second kappa shape index (κ2) is 8.67. The largest absolute Gasteiger partial charge is 0.468 e. The van der Waals surface area contributed by atoms with Gasteiger partial charge in [0, 0.05) is 12.1 Å². The number of nitrogens with one attached hydrogen (secondary N) is 1. The molecule has 3 heterocycles. The van der Waals surface area contributed by atoms with Gasteiger partial charge in [-0.05, 0) is 50.2 Å². The number of carbonyl (C=O) groups is 1. The lowest BCUT2D eigenvalue weighted by Gasteiger charge is -2.33. The van der Waals surface area contributed by atoms with Gasteiger partial charge in [0.25, 0.3) is 5.91 Å². The fourth-order valence-electron chi connectivity index (χ4n) is 3.54. The van der Waals surface area contributed by atoms with Crippen LogP contribution in [0.3, 0.4) is 0 Å². The second-order valence-electron chi connectivity index (χ2n) is 6.85. The molecule has 1 aromatic carbocycles. The van der Waals surface area contributed by atoms with Gasteiger partial charge in [0.15, 0.2) is 0 Å². The highest BCUT2D eigenvalue weighted by molar-refractivity contribution is 7.16. The summed E-state index contributed by atoms with van der Waals surface area (Å²) in [5, 5.41) is 3.50. The lowest BCUT2D eigenvalue weighted by atomic mass is 10.1. The molecule has 7 heteroatoms. The quantitative estimate of drug-likeness (QED) is 0.663. The summed E-state index contributed by atoms with van der Waals surface area (Å²) in [5.74, 6) is 0.319. The minimum Gasteiger partial charge on any atom is -0.468 e. The van der Waals surface area contributed by atoms with Crippen LogP contribution in [0.2, 0.25) is 0 Å². The monoisotopic (exact) mass is 399 g/mol. The van der Waals surface area contributed by atoms with Gasteiger partial charge in [-0.2, -0.15) is 0 Å². The highest BCUT2D eigenvalue weighted by Crippen LogP contribution is 2.28. The predicted molar refractivity (Wildman–Crippen MR) is 107 cm³/mol. The van der Waals surface area contributed by atoms with E-state index in [9.17, 15) is 9.18 Å². The van der Waals surface area contributed by atoms with Crippen molar-refractivity contribution in [1.29, 1.82) is 0 Å². The normalized spacial score (nSPS) is 16.0. The van der Waals surface area contributed by atoms with Gasteiger partial charge in [-0.3, -0.25) is 9.69 Å². The molecule has 0 saturated carbocycles. The smallest absolute Gasteiger partial charge is 0.263 e. The molecule has 1 aliphatic rings. The molecule has 2 aromatic heterocycles. The predicted octanol–water partition coefficient (Wildman–Crippen LogP) is 4.50. The summed E-state index contributed by atoms with van der Waals surface area (Å²) in [5.41, 5.74) is 0.410. The number of rotatable bonds is 6. The third-order valence-electron chi connectivity index (χ3n) is 4.99. The summed E-state index contributed by atoms with van der Waals surface area (Å²) in [6.07, 6.45) is 6.73. The van der Waals surface area contributed by atoms with Crippen LogP contribution in [0.25, 0.3) is 10.6 Å². The van der Waals surface area contributed by atoms with Crippen LogP contribution < -0.4 is 5.32 Å². The first-order chi connectivity index (χ1) is 13.7. The molecule has 4 rings (SSSR count). The van der Waals surface area contributed by atoms with E-state index < -0.39 is 0 Å². The summed E-state index contributed by atoms with van der Waals surface area (Å²) >= 11 is 1.19. The maximum atomic E-state index is 14.0. The highest BCUT2D eigenvalue weighted by atomic mass is 32.1. The van der Waals surface area contributed by atoms with E-state index in [1.54, 1.807) is 24.5 Å². The number of benzene rings is 1. The number of thiazole rings is 1. The van der Waals surface area contributed by atoms with E-state index in [0.717, 1.165) is 31.7 Å². The van der Waals surface area contributed by atoms with E-state index in [2.05, 4.69) is 15.2 Å². The Hall–Kier alpha value is -2.51. The van der Waals surface area contributed by atoms with Crippen LogP contribution in [-0.2, 0) is 0 Å². The molecular formula is C21H22FN3O2S. The number of hydrogen-bond donors (Lipinski definition) is 1. The van der Waals surface area contributed by atoms with Crippen LogP contribution in [0.5, 0.6) is 0 Å². The fourth-order valence-corrected chi connectivity index (χ4v) is 4.39. The van der Waals surface area contributed by atoms with E-state index >= 15 is 0 Å². The van der Waals surface area contributed by atoms with E-state index in [1.807, 2.05) is 12.1 Å². The summed E-state index contributed by atoms with van der Waals surface area (Å²) in [4.78, 5) is 19.7. The molecule has 0 spiro atoms. The van der Waals surface area contributed by atoms with Gasteiger partial charge in [0.1, 0.15) is 21.5 Å². The van der Waals surface area contributed by atoms with Crippen LogP contribution in [0.4, 0.5) is 4.39 Å². The molecule has 0 bridgehead atoms. The molecule has 3 aromatic rings. The van der Waals surface area contributed by atoms with Crippen molar-refractivity contribution < 1.29 is 13.6 Å². The van der Waals surface area contributed by atoms with Crippen LogP contribution in [0.15, 0.2) is 53.3 Å². The number of likely N-dealkylation sites (tertiary alicyclic amines) is 1. The highest BCUT2D eigenvalue weighted by Gasteiger charge is 2.25. The lowest BCUT2D eigenvalue weighted by molar-refractivity contribution is 0.0918. The van der Waals surface area contributed by atoms with Crippen molar-refractivity contribution in [2.45, 2.75) is 25.3 Å². The van der Waals surface area contributed by atoms with Gasteiger partial charge in [-0.1, -0.05) is 18.6 Å². The molecule has 1 fully saturated rings. The van der Waals surface area contributed by atoms with Crippen molar-refractivity contribution in [3.05, 3.63) is 65.3 Å². The molecule has 0 radical (unpaired) electrons. The van der Waals surface area contributed by atoms with Crippen LogP contribution in [0.1, 0.15) is 40.7 Å². The van der Waals surface area contributed by atoms with Crippen molar-refractivity contribution in [3.8, 4) is 10.6 Å². The number of carbonyl (C=O) groups excluding carboxylic acids is 1. The van der Waals surface area contributed by atoms with Crippen molar-refractivity contribution in [2.24, 2.45) is 0 Å². The number of nitrogens with zero attached hydrogens (tertiary/aromatic N) is 2. The molecule has 1 amide bonds. The van der Waals surface area contributed by atoms with Crippen LogP contribution >= 0.6 is 11.3 Å². The van der Waals surface area contributed by atoms with Crippen molar-refractivity contribution in [2.75, 3.05) is 19.6 Å². The first-order valence-electron chi connectivity index (χ1n) is 9.49. The summed E-state index contributed by atoms with van der Waals surface area (Å²) in [6.45, 7) is 2.46. The zero-order valence-electron chi connectivity index (χ0n) is 15.4. The molecule has 1 aliphatic heterocycles. The van der Waals surface area contributed by atoms with E-state index in [4.69, 9.17) is 4.42 Å². The summed E-state index contributed by atoms with van der Waals surface area (Å²) < 4.78 is 19.6. The molecule has 1 atom stereocenters. The third-order valence-corrected chi connectivity index (χ3v) is 6.02. The van der Waals surface area contributed by atoms with Gasteiger partial charge in [0.05, 0.1) is 18.5 Å². The average Bonchev–Trinajstić information content (AvgIpc) is 3.42. The van der Waals surface area contributed by atoms with E-state index in [0.29, 0.717) is 22.0 Å². The number of amides is 1. The van der Waals surface area contributed by atoms with Gasteiger partial charge in [-0.15, -0.1) is 11.3 Å². The molecule has 0 aliphatic carbocycles. The fraction of sp³-hybridized carbons (Fsp3) is 0.333. The molecule has 28 heavy (non-hydrogen) atoms. The van der Waals surface area contributed by atoms with Gasteiger partial charge < -0.3 is 9.73 Å². The Morgan fingerprint density at radius 2 is 2.04 bits per heavy atom. The van der Waals surface area contributed by atoms with Crippen LogP contribution in [0, 0.1) is 5.82 Å². The minimum atomic E-state index is -0.341. The van der Waals surface area contributed by atoms with Gasteiger partial charge >= 0.3 is 0 Å². The Kier molecular flexibility index (Phi) is 5.83. The molecular weight excluding hydrogens is 377 g/mol. The zero-order chi connectivity index (χ0) is 19.3. The molecule has 1 N–H and O–H groups in total.